The number of aromatic hydroxyl groups is 3. The van der Waals surface area contributed by atoms with Crippen LogP contribution in [0.5, 0.6) is 17.2 Å². The first-order chi connectivity index (χ1) is 9.90. The van der Waals surface area contributed by atoms with Crippen LogP contribution in [0.2, 0.25) is 0 Å². The predicted octanol–water partition coefficient (Wildman–Crippen LogP) is 0.931. The van der Waals surface area contributed by atoms with Crippen LogP contribution >= 0.6 is 0 Å². The molecule has 21 heavy (non-hydrogen) atoms. The molecule has 0 aromatic heterocycles. The Kier molecular flexibility index (Phi) is 4.32. The fourth-order valence-corrected chi connectivity index (χ4v) is 2.01. The molecule has 0 saturated carbocycles. The van der Waals surface area contributed by atoms with E-state index in [1.54, 1.807) is 0 Å². The zero-order chi connectivity index (χ0) is 15.6. The van der Waals surface area contributed by atoms with Gasteiger partial charge < -0.3 is 30.6 Å². The zero-order valence-corrected chi connectivity index (χ0v) is 11.0. The van der Waals surface area contributed by atoms with E-state index in [0.717, 1.165) is 6.07 Å². The maximum Gasteiger partial charge on any atom is 0.125 e. The molecule has 0 saturated heterocycles. The number of benzene rings is 2. The third kappa shape index (κ3) is 3.25. The molecule has 0 bridgehead atoms. The normalized spacial score (nSPS) is 15.4. The van der Waals surface area contributed by atoms with Crippen molar-refractivity contribution in [3.8, 4) is 17.2 Å². The van der Waals surface area contributed by atoms with E-state index in [0.29, 0.717) is 5.56 Å². The molecule has 0 aliphatic heterocycles. The van der Waals surface area contributed by atoms with Crippen molar-refractivity contribution in [2.45, 2.75) is 18.3 Å². The van der Waals surface area contributed by atoms with Gasteiger partial charge in [0.25, 0.3) is 0 Å². The van der Waals surface area contributed by atoms with Gasteiger partial charge in [0.05, 0.1) is 0 Å². The number of aliphatic hydroxyl groups is 3. The summed E-state index contributed by atoms with van der Waals surface area (Å²) in [4.78, 5) is 0. The molecule has 3 atom stereocenters. The molecule has 0 heterocycles. The standard InChI is InChI=1S/C15H16O6/c16-9-3-1-8(2-4-9)13(19)15(21)14(20)11-6-5-10(17)7-12(11)18/h1-7,13-21H/t13-,14-,15-/m0/s1. The molecular formula is C15H16O6. The van der Waals surface area contributed by atoms with Crippen LogP contribution in [0.1, 0.15) is 23.3 Å². The number of phenols is 3. The molecule has 2 rings (SSSR count). The van der Waals surface area contributed by atoms with Crippen molar-refractivity contribution in [3.63, 3.8) is 0 Å². The molecule has 2 aromatic carbocycles. The number of rotatable bonds is 4. The third-order valence-corrected chi connectivity index (χ3v) is 3.21. The van der Waals surface area contributed by atoms with Gasteiger partial charge in [-0.25, -0.2) is 0 Å². The monoisotopic (exact) mass is 292 g/mol. The van der Waals surface area contributed by atoms with Crippen molar-refractivity contribution in [1.29, 1.82) is 0 Å². The molecule has 6 heteroatoms. The van der Waals surface area contributed by atoms with Gasteiger partial charge in [0.1, 0.15) is 35.6 Å². The Morgan fingerprint density at radius 3 is 1.81 bits per heavy atom. The molecule has 0 aliphatic rings. The summed E-state index contributed by atoms with van der Waals surface area (Å²) in [5.74, 6) is -0.561. The van der Waals surface area contributed by atoms with E-state index in [4.69, 9.17) is 0 Å². The Labute approximate surface area is 120 Å². The minimum absolute atomic E-state index is 0.0113. The van der Waals surface area contributed by atoms with Crippen LogP contribution < -0.4 is 0 Å². The highest BCUT2D eigenvalue weighted by Crippen LogP contribution is 2.33. The number of hydrogen-bond donors (Lipinski definition) is 6. The van der Waals surface area contributed by atoms with Crippen LogP contribution in [-0.2, 0) is 0 Å². The van der Waals surface area contributed by atoms with E-state index in [9.17, 15) is 30.6 Å². The number of phenolic OH excluding ortho intramolecular Hbond substituents is 3. The minimum Gasteiger partial charge on any atom is -0.508 e. The third-order valence-electron chi connectivity index (χ3n) is 3.21. The van der Waals surface area contributed by atoms with Gasteiger partial charge >= 0.3 is 0 Å². The maximum atomic E-state index is 10.0. The van der Waals surface area contributed by atoms with Crippen molar-refractivity contribution >= 4 is 0 Å². The Balaban J connectivity index is 2.21. The lowest BCUT2D eigenvalue weighted by molar-refractivity contribution is -0.0629. The van der Waals surface area contributed by atoms with Gasteiger partial charge in [0.15, 0.2) is 0 Å². The van der Waals surface area contributed by atoms with Crippen molar-refractivity contribution in [2.75, 3.05) is 0 Å². The molecule has 0 unspecified atom stereocenters. The average Bonchev–Trinajstić information content (AvgIpc) is 2.46. The van der Waals surface area contributed by atoms with Crippen LogP contribution in [0.25, 0.3) is 0 Å². The summed E-state index contributed by atoms with van der Waals surface area (Å²) in [5, 5.41) is 58.1. The minimum atomic E-state index is -1.59. The quantitative estimate of drug-likeness (QED) is 0.498. The first kappa shape index (κ1) is 15.1. The largest absolute Gasteiger partial charge is 0.508 e. The van der Waals surface area contributed by atoms with E-state index in [2.05, 4.69) is 0 Å². The summed E-state index contributed by atoms with van der Waals surface area (Å²) in [6, 6.07) is 9.03. The molecule has 0 spiro atoms. The average molecular weight is 292 g/mol. The summed E-state index contributed by atoms with van der Waals surface area (Å²) in [7, 11) is 0. The highest BCUT2D eigenvalue weighted by Gasteiger charge is 2.29. The molecule has 112 valence electrons. The zero-order valence-electron chi connectivity index (χ0n) is 11.0. The van der Waals surface area contributed by atoms with Gasteiger partial charge in [0, 0.05) is 11.6 Å². The first-order valence-corrected chi connectivity index (χ1v) is 6.25. The summed E-state index contributed by atoms with van der Waals surface area (Å²) < 4.78 is 0. The fourth-order valence-electron chi connectivity index (χ4n) is 2.01. The van der Waals surface area contributed by atoms with Crippen molar-refractivity contribution in [3.05, 3.63) is 53.6 Å². The van der Waals surface area contributed by atoms with Gasteiger partial charge in [-0.3, -0.25) is 0 Å². The molecule has 0 fully saturated rings. The molecule has 6 nitrogen and oxygen atoms in total. The van der Waals surface area contributed by atoms with Crippen LogP contribution in [0.3, 0.4) is 0 Å². The molecular weight excluding hydrogens is 276 g/mol. The van der Waals surface area contributed by atoms with E-state index in [-0.39, 0.29) is 22.8 Å². The smallest absolute Gasteiger partial charge is 0.125 e. The Hall–Kier alpha value is -2.28. The van der Waals surface area contributed by atoms with Crippen LogP contribution in [0.15, 0.2) is 42.5 Å². The molecule has 0 amide bonds. The van der Waals surface area contributed by atoms with Gasteiger partial charge in [-0.1, -0.05) is 12.1 Å². The molecule has 2 aromatic rings. The second-order valence-electron chi connectivity index (χ2n) is 4.71. The number of aliphatic hydroxyl groups excluding tert-OH is 3. The van der Waals surface area contributed by atoms with Crippen molar-refractivity contribution < 1.29 is 30.6 Å². The predicted molar refractivity (Wildman–Crippen MR) is 73.8 cm³/mol. The van der Waals surface area contributed by atoms with Gasteiger partial charge in [-0.2, -0.15) is 0 Å². The van der Waals surface area contributed by atoms with Crippen LogP contribution in [-0.4, -0.2) is 36.7 Å². The van der Waals surface area contributed by atoms with E-state index >= 15 is 0 Å². The highest BCUT2D eigenvalue weighted by atomic mass is 16.4. The Morgan fingerprint density at radius 2 is 1.24 bits per heavy atom. The molecule has 0 aliphatic carbocycles. The fraction of sp³-hybridized carbons (Fsp3) is 0.200. The SMILES string of the molecule is Oc1ccc([C@H](O)[C@H](O)[C@@H](O)c2ccc(O)cc2O)cc1. The van der Waals surface area contributed by atoms with Crippen molar-refractivity contribution in [1.82, 2.24) is 0 Å². The second-order valence-corrected chi connectivity index (χ2v) is 4.71. The molecule has 0 radical (unpaired) electrons. The van der Waals surface area contributed by atoms with Crippen LogP contribution in [0.4, 0.5) is 0 Å². The highest BCUT2D eigenvalue weighted by molar-refractivity contribution is 5.41. The van der Waals surface area contributed by atoms with Crippen molar-refractivity contribution in [2.24, 2.45) is 0 Å². The summed E-state index contributed by atoms with van der Waals surface area (Å²) in [6.07, 6.45) is -4.55. The van der Waals surface area contributed by atoms with E-state index in [1.807, 2.05) is 0 Å². The Morgan fingerprint density at radius 1 is 0.667 bits per heavy atom. The lowest BCUT2D eigenvalue weighted by atomic mass is 9.95. The second kappa shape index (κ2) is 6.01. The Bertz CT molecular complexity index is 610. The van der Waals surface area contributed by atoms with Crippen LogP contribution in [0, 0.1) is 0 Å². The summed E-state index contributed by atoms with van der Waals surface area (Å²) in [5.41, 5.74) is 0.288. The lowest BCUT2D eigenvalue weighted by Gasteiger charge is -2.24. The van der Waals surface area contributed by atoms with E-state index in [1.165, 1.54) is 36.4 Å². The lowest BCUT2D eigenvalue weighted by Crippen LogP contribution is -2.26. The molecule has 6 N–H and O–H groups in total. The van der Waals surface area contributed by atoms with E-state index < -0.39 is 18.3 Å². The first-order valence-electron chi connectivity index (χ1n) is 6.25. The summed E-state index contributed by atoms with van der Waals surface area (Å²) in [6.45, 7) is 0. The topological polar surface area (TPSA) is 121 Å². The summed E-state index contributed by atoms with van der Waals surface area (Å²) >= 11 is 0. The maximum absolute atomic E-state index is 10.0. The van der Waals surface area contributed by atoms with Gasteiger partial charge in [0.2, 0.25) is 0 Å². The van der Waals surface area contributed by atoms with Gasteiger partial charge in [-0.05, 0) is 29.8 Å². The number of hydrogen-bond acceptors (Lipinski definition) is 6. The van der Waals surface area contributed by atoms with Gasteiger partial charge in [-0.15, -0.1) is 0 Å².